The molecule has 3 aromatic rings. The van der Waals surface area contributed by atoms with Crippen LogP contribution in [0.1, 0.15) is 27.3 Å². The molecule has 1 amide bonds. The SMILES string of the molecule is CN(C[C@H](O)[C@@H](O)[C@H](O)[C@H](O)CO)C(=O)c1ccc(CN(Cc2ccccn2)Cc2ccccn2)cc1. The molecule has 5 N–H and O–H groups in total. The Labute approximate surface area is 216 Å². The lowest BCUT2D eigenvalue weighted by Crippen LogP contribution is -2.49. The number of likely N-dealkylation sites (N-methyl/N-ethyl adjacent to an activating group) is 1. The molecule has 0 unspecified atom stereocenters. The number of carbonyl (C=O) groups is 1. The van der Waals surface area contributed by atoms with Gasteiger partial charge in [-0.05, 0) is 42.0 Å². The third-order valence-electron chi connectivity index (χ3n) is 5.96. The van der Waals surface area contributed by atoms with Gasteiger partial charge in [0.25, 0.3) is 5.91 Å². The van der Waals surface area contributed by atoms with Gasteiger partial charge in [-0.3, -0.25) is 19.7 Å². The predicted molar refractivity (Wildman–Crippen MR) is 136 cm³/mol. The average Bonchev–Trinajstić information content (AvgIpc) is 2.92. The number of aliphatic hydroxyl groups excluding tert-OH is 5. The van der Waals surface area contributed by atoms with Crippen LogP contribution in [0.4, 0.5) is 0 Å². The first-order chi connectivity index (χ1) is 17.8. The van der Waals surface area contributed by atoms with Crippen LogP contribution < -0.4 is 0 Å². The maximum Gasteiger partial charge on any atom is 0.253 e. The maximum absolute atomic E-state index is 12.8. The molecule has 1 aromatic carbocycles. The molecule has 10 heteroatoms. The largest absolute Gasteiger partial charge is 0.394 e. The standard InChI is InChI=1S/C27H34N4O6/c1-30(17-23(33)25(35)26(36)24(34)18-32)27(37)20-10-8-19(9-11-20)14-31(15-21-6-2-4-12-28-21)16-22-7-3-5-13-29-22/h2-13,23-26,32-36H,14-18H2,1H3/t23-,24+,25+,26+/m0/s1. The van der Waals surface area contributed by atoms with Crippen molar-refractivity contribution in [3.63, 3.8) is 0 Å². The molecule has 37 heavy (non-hydrogen) atoms. The molecule has 2 heterocycles. The number of aliphatic hydroxyl groups is 5. The minimum atomic E-state index is -1.75. The van der Waals surface area contributed by atoms with Crippen molar-refractivity contribution in [3.8, 4) is 0 Å². The second kappa shape index (κ2) is 13.9. The van der Waals surface area contributed by atoms with Crippen molar-refractivity contribution in [3.05, 3.63) is 95.6 Å². The van der Waals surface area contributed by atoms with Crippen molar-refractivity contribution in [1.29, 1.82) is 0 Å². The summed E-state index contributed by atoms with van der Waals surface area (Å²) in [5.41, 5.74) is 3.25. The minimum Gasteiger partial charge on any atom is -0.394 e. The van der Waals surface area contributed by atoms with E-state index in [1.807, 2.05) is 48.5 Å². The number of amides is 1. The summed E-state index contributed by atoms with van der Waals surface area (Å²) >= 11 is 0. The first-order valence-electron chi connectivity index (χ1n) is 12.0. The number of aromatic nitrogens is 2. The summed E-state index contributed by atoms with van der Waals surface area (Å²) in [4.78, 5) is 25.1. The molecule has 4 atom stereocenters. The van der Waals surface area contributed by atoms with Crippen molar-refractivity contribution in [2.75, 3.05) is 20.2 Å². The van der Waals surface area contributed by atoms with Gasteiger partial charge in [0.15, 0.2) is 0 Å². The van der Waals surface area contributed by atoms with E-state index in [1.165, 1.54) is 11.9 Å². The highest BCUT2D eigenvalue weighted by Gasteiger charge is 2.31. The molecule has 0 aliphatic rings. The second-order valence-electron chi connectivity index (χ2n) is 8.97. The highest BCUT2D eigenvalue weighted by molar-refractivity contribution is 5.94. The molecule has 10 nitrogen and oxygen atoms in total. The number of nitrogens with zero attached hydrogens (tertiary/aromatic N) is 4. The number of hydrogen-bond donors (Lipinski definition) is 5. The first-order valence-corrected chi connectivity index (χ1v) is 12.0. The van der Waals surface area contributed by atoms with Gasteiger partial charge in [0, 0.05) is 51.2 Å². The molecular formula is C27H34N4O6. The number of rotatable bonds is 13. The Balaban J connectivity index is 1.63. The Morgan fingerprint density at radius 3 is 1.81 bits per heavy atom. The van der Waals surface area contributed by atoms with Crippen LogP contribution in [0.5, 0.6) is 0 Å². The highest BCUT2D eigenvalue weighted by atomic mass is 16.4. The van der Waals surface area contributed by atoms with Crippen molar-refractivity contribution in [2.24, 2.45) is 0 Å². The summed E-state index contributed by atoms with van der Waals surface area (Å²) in [5.74, 6) is -0.381. The third kappa shape index (κ3) is 8.39. The van der Waals surface area contributed by atoms with Crippen molar-refractivity contribution >= 4 is 5.91 Å². The third-order valence-corrected chi connectivity index (χ3v) is 5.96. The molecule has 0 bridgehead atoms. The number of carbonyl (C=O) groups excluding carboxylic acids is 1. The fraction of sp³-hybridized carbons (Fsp3) is 0.370. The summed E-state index contributed by atoms with van der Waals surface area (Å²) in [6.45, 7) is 0.801. The summed E-state index contributed by atoms with van der Waals surface area (Å²) in [6.07, 6.45) is -3.08. The van der Waals surface area contributed by atoms with Gasteiger partial charge in [-0.1, -0.05) is 24.3 Å². The van der Waals surface area contributed by atoms with Gasteiger partial charge in [-0.25, -0.2) is 0 Å². The highest BCUT2D eigenvalue weighted by Crippen LogP contribution is 2.15. The lowest BCUT2D eigenvalue weighted by molar-refractivity contribution is -0.117. The number of pyridine rings is 2. The number of benzene rings is 1. The molecule has 2 aromatic heterocycles. The Morgan fingerprint density at radius 1 is 0.784 bits per heavy atom. The molecule has 3 rings (SSSR count). The normalized spacial score (nSPS) is 14.7. The van der Waals surface area contributed by atoms with E-state index >= 15 is 0 Å². The van der Waals surface area contributed by atoms with Gasteiger partial charge >= 0.3 is 0 Å². The Morgan fingerprint density at radius 2 is 1.32 bits per heavy atom. The summed E-state index contributed by atoms with van der Waals surface area (Å²) in [6, 6.07) is 18.7. The zero-order valence-electron chi connectivity index (χ0n) is 20.7. The molecule has 0 aliphatic carbocycles. The first kappa shape index (κ1) is 28.3. The zero-order chi connectivity index (χ0) is 26.8. The fourth-order valence-corrected chi connectivity index (χ4v) is 3.88. The van der Waals surface area contributed by atoms with Gasteiger partial charge in [0.2, 0.25) is 0 Å². The molecule has 0 aliphatic heterocycles. The van der Waals surface area contributed by atoms with Gasteiger partial charge in [0.05, 0.1) is 18.0 Å². The molecule has 0 radical (unpaired) electrons. The summed E-state index contributed by atoms with van der Waals surface area (Å²) < 4.78 is 0. The average molecular weight is 511 g/mol. The van der Waals surface area contributed by atoms with E-state index in [1.54, 1.807) is 24.5 Å². The van der Waals surface area contributed by atoms with Crippen LogP contribution in [0.25, 0.3) is 0 Å². The lowest BCUT2D eigenvalue weighted by atomic mass is 10.0. The molecule has 198 valence electrons. The molecule has 0 fully saturated rings. The van der Waals surface area contributed by atoms with Crippen molar-refractivity contribution in [1.82, 2.24) is 19.8 Å². The van der Waals surface area contributed by atoms with Gasteiger partial charge in [-0.2, -0.15) is 0 Å². The topological polar surface area (TPSA) is 150 Å². The molecule has 0 saturated carbocycles. The lowest BCUT2D eigenvalue weighted by Gasteiger charge is -2.28. The second-order valence-corrected chi connectivity index (χ2v) is 8.97. The Kier molecular flexibility index (Phi) is 10.6. The number of hydrogen-bond acceptors (Lipinski definition) is 9. The zero-order valence-corrected chi connectivity index (χ0v) is 20.7. The molecular weight excluding hydrogens is 476 g/mol. The van der Waals surface area contributed by atoms with Crippen molar-refractivity contribution < 1.29 is 30.3 Å². The Hall–Kier alpha value is -3.25. The van der Waals surface area contributed by atoms with E-state index in [2.05, 4.69) is 14.9 Å². The quantitative estimate of drug-likeness (QED) is 0.217. The van der Waals surface area contributed by atoms with E-state index in [0.29, 0.717) is 25.2 Å². The van der Waals surface area contributed by atoms with Crippen LogP contribution in [0.3, 0.4) is 0 Å². The van der Waals surface area contributed by atoms with Crippen LogP contribution in [0.2, 0.25) is 0 Å². The molecule has 0 spiro atoms. The van der Waals surface area contributed by atoms with E-state index in [-0.39, 0.29) is 12.5 Å². The predicted octanol–water partition coefficient (Wildman–Crippen LogP) is 0.187. The van der Waals surface area contributed by atoms with E-state index < -0.39 is 31.0 Å². The monoisotopic (exact) mass is 510 g/mol. The van der Waals surface area contributed by atoms with Gasteiger partial charge in [-0.15, -0.1) is 0 Å². The smallest absolute Gasteiger partial charge is 0.253 e. The van der Waals surface area contributed by atoms with E-state index in [9.17, 15) is 25.2 Å². The van der Waals surface area contributed by atoms with Crippen LogP contribution in [-0.2, 0) is 19.6 Å². The summed E-state index contributed by atoms with van der Waals surface area (Å²) in [5, 5.41) is 48.3. The fourth-order valence-electron chi connectivity index (χ4n) is 3.88. The van der Waals surface area contributed by atoms with E-state index in [0.717, 1.165) is 17.0 Å². The van der Waals surface area contributed by atoms with Crippen LogP contribution >= 0.6 is 0 Å². The van der Waals surface area contributed by atoms with Crippen LogP contribution in [0.15, 0.2) is 73.1 Å². The minimum absolute atomic E-state index is 0.279. The van der Waals surface area contributed by atoms with Crippen LogP contribution in [-0.4, -0.2) is 95.8 Å². The van der Waals surface area contributed by atoms with Gasteiger partial charge in [0.1, 0.15) is 24.4 Å². The van der Waals surface area contributed by atoms with Crippen LogP contribution in [0, 0.1) is 0 Å². The van der Waals surface area contributed by atoms with Gasteiger partial charge < -0.3 is 30.4 Å². The van der Waals surface area contributed by atoms with Crippen molar-refractivity contribution in [2.45, 2.75) is 44.1 Å². The summed E-state index contributed by atoms with van der Waals surface area (Å²) in [7, 11) is 1.46. The molecule has 0 saturated heterocycles. The van der Waals surface area contributed by atoms with E-state index in [4.69, 9.17) is 5.11 Å². The Bertz CT molecular complexity index is 1050. The maximum atomic E-state index is 12.8.